The van der Waals surface area contributed by atoms with Gasteiger partial charge in [0.15, 0.2) is 5.82 Å². The number of carbonyl (C=O) groups excluding carboxylic acids is 1. The number of aromatic nitrogens is 3. The average molecular weight is 356 g/mol. The van der Waals surface area contributed by atoms with Gasteiger partial charge in [-0.05, 0) is 31.0 Å². The van der Waals surface area contributed by atoms with Gasteiger partial charge in [0.05, 0.1) is 25.3 Å². The largest absolute Gasteiger partial charge is 0.497 e. The van der Waals surface area contributed by atoms with E-state index in [9.17, 15) is 9.59 Å². The van der Waals surface area contributed by atoms with Crippen LogP contribution < -0.4 is 15.7 Å². The van der Waals surface area contributed by atoms with Gasteiger partial charge in [0.2, 0.25) is 5.91 Å². The van der Waals surface area contributed by atoms with Gasteiger partial charge in [0, 0.05) is 18.0 Å². The van der Waals surface area contributed by atoms with Gasteiger partial charge in [-0.15, -0.1) is 5.10 Å². The smallest absolute Gasteiger partial charge is 0.340 e. The molecule has 1 amide bonds. The van der Waals surface area contributed by atoms with E-state index >= 15 is 0 Å². The highest BCUT2D eigenvalue weighted by Gasteiger charge is 2.16. The molecule has 0 atom stereocenters. The molecule has 8 heteroatoms. The first kappa shape index (κ1) is 17.7. The molecule has 2 aromatic heterocycles. The summed E-state index contributed by atoms with van der Waals surface area (Å²) in [5, 5.41) is 11.2. The summed E-state index contributed by atoms with van der Waals surface area (Å²) in [5.41, 5.74) is 0.927. The van der Waals surface area contributed by atoms with Crippen LogP contribution in [0.25, 0.3) is 11.0 Å². The summed E-state index contributed by atoms with van der Waals surface area (Å²) in [6.45, 7) is 4.54. The molecule has 3 aromatic rings. The number of fused-ring (bicyclic) bond motifs is 1. The minimum absolute atomic E-state index is 0.100. The number of nitrogens with zero attached hydrogens (tertiary/aromatic N) is 3. The normalized spacial score (nSPS) is 10.9. The van der Waals surface area contributed by atoms with E-state index in [1.165, 1.54) is 0 Å². The minimum Gasteiger partial charge on any atom is -0.497 e. The molecule has 0 aliphatic heterocycles. The van der Waals surface area contributed by atoms with Gasteiger partial charge in [-0.1, -0.05) is 12.1 Å². The molecule has 0 fully saturated rings. The van der Waals surface area contributed by atoms with Crippen LogP contribution in [0.15, 0.2) is 33.6 Å². The molecule has 0 unspecified atom stereocenters. The van der Waals surface area contributed by atoms with E-state index in [4.69, 9.17) is 9.15 Å². The van der Waals surface area contributed by atoms with Gasteiger partial charge in [-0.3, -0.25) is 9.48 Å². The molecule has 26 heavy (non-hydrogen) atoms. The minimum atomic E-state index is -0.534. The van der Waals surface area contributed by atoms with Crippen molar-refractivity contribution in [2.75, 3.05) is 12.4 Å². The third-order valence-corrected chi connectivity index (χ3v) is 4.09. The van der Waals surface area contributed by atoms with Crippen molar-refractivity contribution >= 4 is 22.7 Å². The molecule has 1 aromatic carbocycles. The number of hydrogen-bond donors (Lipinski definition) is 1. The Balaban J connectivity index is 1.83. The van der Waals surface area contributed by atoms with Gasteiger partial charge >= 0.3 is 5.63 Å². The summed E-state index contributed by atoms with van der Waals surface area (Å²) in [7, 11) is 1.54. The fourth-order valence-corrected chi connectivity index (χ4v) is 2.75. The first-order valence-corrected chi connectivity index (χ1v) is 8.32. The zero-order chi connectivity index (χ0) is 18.7. The zero-order valence-corrected chi connectivity index (χ0v) is 14.9. The molecule has 2 heterocycles. The monoisotopic (exact) mass is 356 g/mol. The van der Waals surface area contributed by atoms with Crippen LogP contribution in [-0.4, -0.2) is 28.0 Å². The zero-order valence-electron chi connectivity index (χ0n) is 14.9. The lowest BCUT2D eigenvalue weighted by Gasteiger charge is -2.08. The van der Waals surface area contributed by atoms with Crippen LogP contribution in [0.2, 0.25) is 0 Å². The number of hydrogen-bond acceptors (Lipinski definition) is 6. The van der Waals surface area contributed by atoms with E-state index in [1.54, 1.807) is 37.0 Å². The lowest BCUT2D eigenvalue weighted by Crippen LogP contribution is -2.20. The molecule has 136 valence electrons. The second kappa shape index (κ2) is 7.38. The van der Waals surface area contributed by atoms with Crippen molar-refractivity contribution in [3.63, 3.8) is 0 Å². The van der Waals surface area contributed by atoms with Crippen molar-refractivity contribution < 1.29 is 13.9 Å². The molecule has 0 aliphatic rings. The van der Waals surface area contributed by atoms with Crippen molar-refractivity contribution in [3.8, 4) is 5.75 Å². The second-order valence-corrected chi connectivity index (χ2v) is 5.95. The van der Waals surface area contributed by atoms with Crippen LogP contribution in [0.1, 0.15) is 24.5 Å². The fraction of sp³-hybridized carbons (Fsp3) is 0.333. The third kappa shape index (κ3) is 3.58. The van der Waals surface area contributed by atoms with E-state index in [0.717, 1.165) is 18.4 Å². The molecular weight excluding hydrogens is 336 g/mol. The maximum atomic E-state index is 12.3. The highest BCUT2D eigenvalue weighted by molar-refractivity contribution is 5.92. The molecule has 8 nitrogen and oxygen atoms in total. The Morgan fingerprint density at radius 3 is 2.92 bits per heavy atom. The Kier molecular flexibility index (Phi) is 5.01. The maximum absolute atomic E-state index is 12.3. The van der Waals surface area contributed by atoms with E-state index in [1.807, 2.05) is 13.0 Å². The van der Waals surface area contributed by atoms with E-state index < -0.39 is 5.63 Å². The highest BCUT2D eigenvalue weighted by atomic mass is 16.5. The van der Waals surface area contributed by atoms with Gasteiger partial charge in [-0.25, -0.2) is 4.79 Å². The first-order valence-electron chi connectivity index (χ1n) is 8.32. The lowest BCUT2D eigenvalue weighted by atomic mass is 10.0. The number of aryl methyl sites for hydroxylation is 2. The van der Waals surface area contributed by atoms with Crippen LogP contribution in [0, 0.1) is 6.92 Å². The molecule has 0 radical (unpaired) electrons. The highest BCUT2D eigenvalue weighted by Crippen LogP contribution is 2.24. The number of nitrogens with one attached hydrogen (secondary N) is 1. The fourth-order valence-electron chi connectivity index (χ4n) is 2.75. The maximum Gasteiger partial charge on any atom is 0.340 e. The molecule has 0 aliphatic carbocycles. The Bertz CT molecular complexity index is 1010. The van der Waals surface area contributed by atoms with Crippen LogP contribution in [0.4, 0.5) is 5.82 Å². The number of rotatable bonds is 6. The standard InChI is InChI=1S/C18H20N4O4/c1-4-7-22-10-16(20-21-22)19-17(23)9-14-11(2)13-6-5-12(25-3)8-15(13)26-18(14)24/h5-6,8,10H,4,7,9H2,1-3H3,(H,19,23). The topological polar surface area (TPSA) is 99.2 Å². The number of carbonyl (C=O) groups is 1. The number of methoxy groups -OCH3 is 1. The molecule has 3 rings (SSSR count). The quantitative estimate of drug-likeness (QED) is 0.680. The lowest BCUT2D eigenvalue weighted by molar-refractivity contribution is -0.115. The van der Waals surface area contributed by atoms with E-state index in [-0.39, 0.29) is 12.3 Å². The molecular formula is C18H20N4O4. The summed E-state index contributed by atoms with van der Waals surface area (Å²) in [4.78, 5) is 24.6. The van der Waals surface area contributed by atoms with Gasteiger partial charge in [0.25, 0.3) is 0 Å². The predicted molar refractivity (Wildman–Crippen MR) is 96.4 cm³/mol. The summed E-state index contributed by atoms with van der Waals surface area (Å²) < 4.78 is 12.1. The third-order valence-electron chi connectivity index (χ3n) is 4.09. The number of ether oxygens (including phenoxy) is 1. The predicted octanol–water partition coefficient (Wildman–Crippen LogP) is 2.29. The van der Waals surface area contributed by atoms with Crippen LogP contribution in [0.3, 0.4) is 0 Å². The number of anilines is 1. The average Bonchev–Trinajstić information content (AvgIpc) is 3.05. The van der Waals surface area contributed by atoms with Crippen LogP contribution in [-0.2, 0) is 17.8 Å². The Morgan fingerprint density at radius 2 is 2.19 bits per heavy atom. The number of benzene rings is 1. The molecule has 0 spiro atoms. The van der Waals surface area contributed by atoms with Gasteiger partial charge < -0.3 is 14.5 Å². The summed E-state index contributed by atoms with van der Waals surface area (Å²) in [5.74, 6) is 0.605. The van der Waals surface area contributed by atoms with Gasteiger partial charge in [-0.2, -0.15) is 0 Å². The van der Waals surface area contributed by atoms with Gasteiger partial charge in [0.1, 0.15) is 11.3 Å². The molecule has 0 bridgehead atoms. The second-order valence-electron chi connectivity index (χ2n) is 5.95. The molecule has 1 N–H and O–H groups in total. The number of amides is 1. The Labute approximate surface area is 149 Å². The Hall–Kier alpha value is -3.16. The molecule has 0 saturated carbocycles. The summed E-state index contributed by atoms with van der Waals surface area (Å²) in [6.07, 6.45) is 2.47. The van der Waals surface area contributed by atoms with Crippen LogP contribution in [0.5, 0.6) is 5.75 Å². The van der Waals surface area contributed by atoms with E-state index in [0.29, 0.717) is 28.3 Å². The van der Waals surface area contributed by atoms with Crippen LogP contribution >= 0.6 is 0 Å². The Morgan fingerprint density at radius 1 is 1.38 bits per heavy atom. The first-order chi connectivity index (χ1) is 12.5. The molecule has 0 saturated heterocycles. The van der Waals surface area contributed by atoms with Crippen molar-refractivity contribution in [1.29, 1.82) is 0 Å². The summed E-state index contributed by atoms with van der Waals surface area (Å²) >= 11 is 0. The summed E-state index contributed by atoms with van der Waals surface area (Å²) in [6, 6.07) is 5.25. The van der Waals surface area contributed by atoms with Crippen molar-refractivity contribution in [2.24, 2.45) is 0 Å². The van der Waals surface area contributed by atoms with Crippen molar-refractivity contribution in [3.05, 3.63) is 45.9 Å². The van der Waals surface area contributed by atoms with Crippen molar-refractivity contribution in [2.45, 2.75) is 33.2 Å². The SMILES string of the molecule is CCCn1cc(NC(=O)Cc2c(C)c3ccc(OC)cc3oc2=O)nn1. The van der Waals surface area contributed by atoms with Crippen molar-refractivity contribution in [1.82, 2.24) is 15.0 Å². The van der Waals surface area contributed by atoms with E-state index in [2.05, 4.69) is 15.6 Å².